The Balaban J connectivity index is 0.000000381. The van der Waals surface area contributed by atoms with E-state index in [-0.39, 0.29) is 36.9 Å². The summed E-state index contributed by atoms with van der Waals surface area (Å²) in [7, 11) is 0. The van der Waals surface area contributed by atoms with Crippen molar-refractivity contribution in [2.24, 2.45) is 11.5 Å². The van der Waals surface area contributed by atoms with Gasteiger partial charge in [-0.2, -0.15) is 0 Å². The van der Waals surface area contributed by atoms with Crippen molar-refractivity contribution < 1.29 is 0 Å². The lowest BCUT2D eigenvalue weighted by atomic mass is 9.87. The highest BCUT2D eigenvalue weighted by atomic mass is 127. The van der Waals surface area contributed by atoms with Gasteiger partial charge in [-0.15, -0.1) is 24.8 Å². The van der Waals surface area contributed by atoms with E-state index in [0.29, 0.717) is 11.8 Å². The molecule has 4 N–H and O–H groups in total. The molecule has 0 aliphatic carbocycles. The van der Waals surface area contributed by atoms with Gasteiger partial charge in [0.1, 0.15) is 0 Å². The van der Waals surface area contributed by atoms with E-state index >= 15 is 0 Å². The van der Waals surface area contributed by atoms with E-state index in [0.717, 1.165) is 27.4 Å². The van der Waals surface area contributed by atoms with Crippen LogP contribution in [0.2, 0.25) is 10.0 Å². The molecule has 0 radical (unpaired) electrons. The maximum absolute atomic E-state index is 6.17. The predicted octanol–water partition coefficient (Wildman–Crippen LogP) is 10.2. The van der Waals surface area contributed by atoms with E-state index in [1.807, 2.05) is 30.3 Å². The lowest BCUT2D eigenvalue weighted by molar-refractivity contribution is 0.565. The number of benzene rings is 4. The fourth-order valence-electron chi connectivity index (χ4n) is 4.44. The Bertz CT molecular complexity index is 1180. The van der Waals surface area contributed by atoms with Crippen molar-refractivity contribution in [3.63, 3.8) is 0 Å². The van der Waals surface area contributed by atoms with Crippen LogP contribution in [0.5, 0.6) is 0 Å². The summed E-state index contributed by atoms with van der Waals surface area (Å²) in [5, 5.41) is 1.54. The second-order valence-electron chi connectivity index (χ2n) is 9.70. The first-order valence-corrected chi connectivity index (χ1v) is 15.3. The van der Waals surface area contributed by atoms with Gasteiger partial charge in [-0.25, -0.2) is 0 Å². The van der Waals surface area contributed by atoms with Gasteiger partial charge in [0, 0.05) is 42.0 Å². The summed E-state index contributed by atoms with van der Waals surface area (Å²) in [4.78, 5) is 0. The van der Waals surface area contributed by atoms with E-state index in [1.54, 1.807) is 0 Å². The van der Waals surface area contributed by atoms with Crippen molar-refractivity contribution in [1.82, 2.24) is 0 Å². The lowest BCUT2D eigenvalue weighted by Gasteiger charge is -2.21. The molecule has 4 rings (SSSR count). The average Bonchev–Trinajstić information content (AvgIpc) is 2.88. The van der Waals surface area contributed by atoms with Crippen LogP contribution < -0.4 is 11.5 Å². The lowest BCUT2D eigenvalue weighted by Crippen LogP contribution is -2.26. The molecule has 0 bridgehead atoms. The molecule has 4 atom stereocenters. The molecular formula is C32H36BrCl4IN2. The van der Waals surface area contributed by atoms with Crippen LogP contribution in [0.1, 0.15) is 47.9 Å². The van der Waals surface area contributed by atoms with Crippen molar-refractivity contribution in [3.8, 4) is 0 Å². The van der Waals surface area contributed by atoms with Gasteiger partial charge in [-0.05, 0) is 120 Å². The Morgan fingerprint density at radius 1 is 0.650 bits per heavy atom. The first-order chi connectivity index (χ1) is 18.1. The molecule has 2 nitrogen and oxygen atoms in total. The maximum Gasteiger partial charge on any atom is 0.0406 e. The Kier molecular flexibility index (Phi) is 17.3. The number of halogens is 6. The predicted molar refractivity (Wildman–Crippen MR) is 191 cm³/mol. The van der Waals surface area contributed by atoms with Crippen LogP contribution in [0.15, 0.2) is 102 Å². The Morgan fingerprint density at radius 3 is 1.43 bits per heavy atom. The first kappa shape index (κ1) is 37.2. The van der Waals surface area contributed by atoms with E-state index in [1.165, 1.54) is 25.8 Å². The number of hydrogen-bond acceptors (Lipinski definition) is 2. The number of hydrogen-bond donors (Lipinski definition) is 2. The number of nitrogens with two attached hydrogens (primary N) is 2. The third-order valence-electron chi connectivity index (χ3n) is 6.56. The Morgan fingerprint density at radius 2 is 1.05 bits per heavy atom. The summed E-state index contributed by atoms with van der Waals surface area (Å²) >= 11 is 17.7. The second-order valence-corrected chi connectivity index (χ2v) is 12.7. The van der Waals surface area contributed by atoms with Crippen LogP contribution in [0.25, 0.3) is 0 Å². The molecule has 0 fully saturated rings. The minimum Gasteiger partial charge on any atom is -0.327 e. The third-order valence-corrected chi connectivity index (χ3v) is 8.23. The van der Waals surface area contributed by atoms with Gasteiger partial charge in [-0.1, -0.05) is 87.7 Å². The zero-order chi connectivity index (χ0) is 27.7. The average molecular weight is 797 g/mol. The standard InChI is InChI=1S/C16H17BrClN.C16H17ClIN.2ClH/c1-11(19)16(13-3-2-4-14(17)10-13)9-12-5-7-15(18)8-6-12;1-11(19)16(13-3-2-4-15(18)10-13)9-12-5-7-14(17)8-6-12;;/h2*2-8,10-11,16H,9,19H2,1H3;2*1H. The van der Waals surface area contributed by atoms with Crippen molar-refractivity contribution in [2.75, 3.05) is 0 Å². The maximum atomic E-state index is 6.17. The van der Waals surface area contributed by atoms with Gasteiger partial charge in [0.25, 0.3) is 0 Å². The van der Waals surface area contributed by atoms with Gasteiger partial charge in [0.2, 0.25) is 0 Å². The molecule has 4 aromatic carbocycles. The summed E-state index contributed by atoms with van der Waals surface area (Å²) < 4.78 is 2.34. The van der Waals surface area contributed by atoms with Crippen molar-refractivity contribution in [3.05, 3.63) is 137 Å². The second kappa shape index (κ2) is 18.7. The largest absolute Gasteiger partial charge is 0.327 e. The normalized spacial score (nSPS) is 13.4. The minimum atomic E-state index is 0. The molecule has 0 heterocycles. The van der Waals surface area contributed by atoms with Crippen LogP contribution in [-0.2, 0) is 12.8 Å². The van der Waals surface area contributed by atoms with E-state index < -0.39 is 0 Å². The van der Waals surface area contributed by atoms with Gasteiger partial charge in [0.15, 0.2) is 0 Å². The van der Waals surface area contributed by atoms with E-state index in [2.05, 4.69) is 119 Å². The number of rotatable bonds is 8. The zero-order valence-corrected chi connectivity index (χ0v) is 29.3. The molecule has 0 aliphatic heterocycles. The molecular weight excluding hydrogens is 761 g/mol. The first-order valence-electron chi connectivity index (χ1n) is 12.6. The molecule has 0 saturated heterocycles. The smallest absolute Gasteiger partial charge is 0.0406 e. The fourth-order valence-corrected chi connectivity index (χ4v) is 5.67. The van der Waals surface area contributed by atoms with Crippen LogP contribution in [0.4, 0.5) is 0 Å². The van der Waals surface area contributed by atoms with Crippen molar-refractivity contribution >= 4 is 86.5 Å². The summed E-state index contributed by atoms with van der Waals surface area (Å²) in [6.07, 6.45) is 1.86. The van der Waals surface area contributed by atoms with Gasteiger partial charge in [-0.3, -0.25) is 0 Å². The quantitative estimate of drug-likeness (QED) is 0.175. The van der Waals surface area contributed by atoms with Gasteiger partial charge in [0.05, 0.1) is 0 Å². The molecule has 40 heavy (non-hydrogen) atoms. The molecule has 216 valence electrons. The molecule has 0 amide bonds. The molecule has 0 saturated carbocycles. The van der Waals surface area contributed by atoms with Crippen LogP contribution in [0, 0.1) is 3.57 Å². The van der Waals surface area contributed by atoms with Crippen LogP contribution >= 0.6 is 86.5 Å². The molecule has 4 aromatic rings. The molecule has 4 unspecified atom stereocenters. The van der Waals surface area contributed by atoms with Gasteiger partial charge < -0.3 is 11.5 Å². The van der Waals surface area contributed by atoms with Crippen LogP contribution in [-0.4, -0.2) is 12.1 Å². The van der Waals surface area contributed by atoms with Gasteiger partial charge >= 0.3 is 0 Å². The topological polar surface area (TPSA) is 52.0 Å². The fraction of sp³-hybridized carbons (Fsp3) is 0.250. The Labute approximate surface area is 283 Å². The molecule has 0 aliphatic rings. The molecule has 8 heteroatoms. The Hall–Kier alpha value is -0.830. The molecule has 0 aromatic heterocycles. The third kappa shape index (κ3) is 12.2. The zero-order valence-electron chi connectivity index (χ0n) is 22.4. The van der Waals surface area contributed by atoms with Crippen molar-refractivity contribution in [1.29, 1.82) is 0 Å². The van der Waals surface area contributed by atoms with Crippen LogP contribution in [0.3, 0.4) is 0 Å². The highest BCUT2D eigenvalue weighted by Crippen LogP contribution is 2.27. The summed E-state index contributed by atoms with van der Waals surface area (Å²) in [5.41, 5.74) is 17.4. The van der Waals surface area contributed by atoms with E-state index in [9.17, 15) is 0 Å². The SMILES string of the molecule is CC(N)C(Cc1ccc(Cl)cc1)c1cccc(Br)c1.CC(N)C(Cc1ccc(Cl)cc1)c1cccc(I)c1.Cl.Cl. The molecule has 0 spiro atoms. The monoisotopic (exact) mass is 794 g/mol. The summed E-state index contributed by atoms with van der Waals surface area (Å²) in [5.74, 6) is 0.634. The highest BCUT2D eigenvalue weighted by molar-refractivity contribution is 14.1. The summed E-state index contributed by atoms with van der Waals surface area (Å²) in [6, 6.07) is 33.1. The summed E-state index contributed by atoms with van der Waals surface area (Å²) in [6.45, 7) is 4.13. The van der Waals surface area contributed by atoms with Crippen molar-refractivity contribution in [2.45, 2.75) is 50.6 Å². The highest BCUT2D eigenvalue weighted by Gasteiger charge is 2.18. The minimum absolute atomic E-state index is 0. The van der Waals surface area contributed by atoms with E-state index in [4.69, 9.17) is 34.7 Å².